The van der Waals surface area contributed by atoms with Gasteiger partial charge in [-0.2, -0.15) is 0 Å². The molecule has 0 aliphatic carbocycles. The quantitative estimate of drug-likeness (QED) is 0.129. The third-order valence-electron chi connectivity index (χ3n) is 10.5. The molecule has 0 fully saturated rings. The fourth-order valence-electron chi connectivity index (χ4n) is 7.91. The lowest BCUT2D eigenvalue weighted by molar-refractivity contribution is 1.19. The van der Waals surface area contributed by atoms with Crippen molar-refractivity contribution in [1.29, 1.82) is 0 Å². The molecule has 10 rings (SSSR count). The molecule has 0 saturated heterocycles. The monoisotopic (exact) mass is 686 g/mol. The van der Waals surface area contributed by atoms with Gasteiger partial charge in [-0.15, -0.1) is 0 Å². The molecule has 9 aromatic carbocycles. The summed E-state index contributed by atoms with van der Waals surface area (Å²) in [5.41, 5.74) is 11.8. The van der Waals surface area contributed by atoms with E-state index in [-0.39, 0.29) is 0 Å². The van der Waals surface area contributed by atoms with Crippen molar-refractivity contribution in [2.24, 2.45) is 0 Å². The van der Waals surface area contributed by atoms with Crippen LogP contribution in [0.4, 0.5) is 0 Å². The first-order valence-electron chi connectivity index (χ1n) is 18.4. The predicted molar refractivity (Wildman–Crippen MR) is 227 cm³/mol. The standard InChI is InChI=1S/C52H34N2/c1-4-16-35(17-5-1)41-24-14-15-27-45(41)50-34-49(40-29-30-43(36-18-6-2-7-19-36)47(33-40)37-20-8-3-9-21-37)53-52(54-50)51-44-26-13-11-23-39(44)32-48-42-25-12-10-22-38(42)28-31-46(48)51/h1-34H. The summed E-state index contributed by atoms with van der Waals surface area (Å²) in [7, 11) is 0. The molecule has 0 bridgehead atoms. The highest BCUT2D eigenvalue weighted by Crippen LogP contribution is 2.42. The van der Waals surface area contributed by atoms with E-state index in [1.54, 1.807) is 0 Å². The number of hydrogen-bond donors (Lipinski definition) is 0. The minimum absolute atomic E-state index is 0.704. The Balaban J connectivity index is 1.28. The van der Waals surface area contributed by atoms with E-state index in [0.29, 0.717) is 5.82 Å². The zero-order valence-electron chi connectivity index (χ0n) is 29.5. The Morgan fingerprint density at radius 3 is 1.50 bits per heavy atom. The van der Waals surface area contributed by atoms with Crippen LogP contribution in [-0.2, 0) is 0 Å². The minimum atomic E-state index is 0.704. The van der Waals surface area contributed by atoms with E-state index in [0.717, 1.165) is 66.5 Å². The molecule has 0 aliphatic heterocycles. The molecule has 0 radical (unpaired) electrons. The van der Waals surface area contributed by atoms with Gasteiger partial charge in [0.05, 0.1) is 11.4 Å². The molecule has 0 unspecified atom stereocenters. The van der Waals surface area contributed by atoms with Gasteiger partial charge in [-0.3, -0.25) is 0 Å². The van der Waals surface area contributed by atoms with Gasteiger partial charge in [-0.1, -0.05) is 188 Å². The first-order valence-corrected chi connectivity index (χ1v) is 18.4. The molecular formula is C52H34N2. The number of rotatable bonds is 6. The van der Waals surface area contributed by atoms with Gasteiger partial charge in [-0.25, -0.2) is 9.97 Å². The van der Waals surface area contributed by atoms with E-state index in [1.807, 2.05) is 0 Å². The number of aromatic nitrogens is 2. The van der Waals surface area contributed by atoms with Crippen molar-refractivity contribution in [3.63, 3.8) is 0 Å². The molecule has 1 aromatic heterocycles. The van der Waals surface area contributed by atoms with Crippen LogP contribution < -0.4 is 0 Å². The van der Waals surface area contributed by atoms with Crippen LogP contribution in [0.25, 0.3) is 99.6 Å². The van der Waals surface area contributed by atoms with Crippen LogP contribution in [0.1, 0.15) is 0 Å². The molecule has 0 aliphatic rings. The maximum atomic E-state index is 5.51. The minimum Gasteiger partial charge on any atom is -0.228 e. The summed E-state index contributed by atoms with van der Waals surface area (Å²) in [6.07, 6.45) is 0. The van der Waals surface area contributed by atoms with Gasteiger partial charge in [-0.05, 0) is 83.9 Å². The van der Waals surface area contributed by atoms with Crippen molar-refractivity contribution in [2.75, 3.05) is 0 Å². The van der Waals surface area contributed by atoms with Gasteiger partial charge in [0.1, 0.15) is 0 Å². The second-order valence-electron chi connectivity index (χ2n) is 13.7. The summed E-state index contributed by atoms with van der Waals surface area (Å²) in [4.78, 5) is 11.0. The van der Waals surface area contributed by atoms with E-state index in [4.69, 9.17) is 9.97 Å². The van der Waals surface area contributed by atoms with Crippen LogP contribution in [0.3, 0.4) is 0 Å². The van der Waals surface area contributed by atoms with Crippen LogP contribution in [0.2, 0.25) is 0 Å². The molecule has 0 spiro atoms. The van der Waals surface area contributed by atoms with Crippen LogP contribution in [0.15, 0.2) is 206 Å². The SMILES string of the molecule is c1ccc(-c2ccc(-c3cc(-c4ccccc4-c4ccccc4)nc(-c4c5ccccc5cc5c4ccc4ccccc45)n3)cc2-c2ccccc2)cc1. The highest BCUT2D eigenvalue weighted by molar-refractivity contribution is 6.19. The average Bonchev–Trinajstić information content (AvgIpc) is 3.26. The fourth-order valence-corrected chi connectivity index (χ4v) is 7.91. The molecule has 0 atom stereocenters. The molecule has 1 heterocycles. The average molecular weight is 687 g/mol. The molecule has 0 saturated carbocycles. The van der Waals surface area contributed by atoms with Crippen LogP contribution >= 0.6 is 0 Å². The third-order valence-corrected chi connectivity index (χ3v) is 10.5. The van der Waals surface area contributed by atoms with Crippen LogP contribution in [0, 0.1) is 0 Å². The van der Waals surface area contributed by atoms with Crippen molar-refractivity contribution in [2.45, 2.75) is 0 Å². The Morgan fingerprint density at radius 2 is 0.796 bits per heavy atom. The highest BCUT2D eigenvalue weighted by atomic mass is 14.9. The second-order valence-corrected chi connectivity index (χ2v) is 13.7. The summed E-state index contributed by atoms with van der Waals surface area (Å²) in [5.74, 6) is 0.704. The summed E-state index contributed by atoms with van der Waals surface area (Å²) >= 11 is 0. The van der Waals surface area contributed by atoms with E-state index in [9.17, 15) is 0 Å². The Hall–Kier alpha value is -7.16. The van der Waals surface area contributed by atoms with Crippen LogP contribution in [0.5, 0.6) is 0 Å². The highest BCUT2D eigenvalue weighted by Gasteiger charge is 2.19. The Labute approximate surface area is 314 Å². The maximum absolute atomic E-state index is 5.51. The largest absolute Gasteiger partial charge is 0.228 e. The number of benzene rings is 9. The normalized spacial score (nSPS) is 11.3. The first kappa shape index (κ1) is 31.6. The Bertz CT molecular complexity index is 2970. The fraction of sp³-hybridized carbons (Fsp3) is 0. The van der Waals surface area contributed by atoms with E-state index < -0.39 is 0 Å². The zero-order valence-corrected chi connectivity index (χ0v) is 29.5. The van der Waals surface area contributed by atoms with Crippen molar-refractivity contribution >= 4 is 32.3 Å². The molecule has 10 aromatic rings. The van der Waals surface area contributed by atoms with Gasteiger partial charge in [0.15, 0.2) is 5.82 Å². The number of hydrogen-bond acceptors (Lipinski definition) is 2. The molecule has 0 N–H and O–H groups in total. The molecule has 2 heteroatoms. The lowest BCUT2D eigenvalue weighted by Gasteiger charge is -2.17. The van der Waals surface area contributed by atoms with Crippen molar-refractivity contribution in [3.05, 3.63) is 206 Å². The van der Waals surface area contributed by atoms with Gasteiger partial charge >= 0.3 is 0 Å². The predicted octanol–water partition coefficient (Wildman–Crippen LogP) is 13.9. The van der Waals surface area contributed by atoms with Gasteiger partial charge in [0, 0.05) is 16.7 Å². The van der Waals surface area contributed by atoms with Crippen molar-refractivity contribution < 1.29 is 0 Å². The van der Waals surface area contributed by atoms with E-state index in [2.05, 4.69) is 206 Å². The molecular weight excluding hydrogens is 653 g/mol. The molecule has 252 valence electrons. The van der Waals surface area contributed by atoms with Gasteiger partial charge in [0.2, 0.25) is 0 Å². The van der Waals surface area contributed by atoms with Gasteiger partial charge < -0.3 is 0 Å². The molecule has 54 heavy (non-hydrogen) atoms. The molecule has 0 amide bonds. The number of nitrogens with zero attached hydrogens (tertiary/aromatic N) is 2. The third kappa shape index (κ3) is 5.62. The van der Waals surface area contributed by atoms with Crippen molar-refractivity contribution in [3.8, 4) is 67.3 Å². The van der Waals surface area contributed by atoms with E-state index >= 15 is 0 Å². The van der Waals surface area contributed by atoms with Crippen molar-refractivity contribution in [1.82, 2.24) is 9.97 Å². The smallest absolute Gasteiger partial charge is 0.161 e. The summed E-state index contributed by atoms with van der Waals surface area (Å²) in [5, 5.41) is 7.05. The lowest BCUT2D eigenvalue weighted by atomic mass is 9.91. The van der Waals surface area contributed by atoms with Gasteiger partial charge in [0.25, 0.3) is 0 Å². The Morgan fingerprint density at radius 1 is 0.259 bits per heavy atom. The molecule has 2 nitrogen and oxygen atoms in total. The number of fused-ring (bicyclic) bond motifs is 4. The lowest BCUT2D eigenvalue weighted by Crippen LogP contribution is -1.99. The zero-order chi connectivity index (χ0) is 35.8. The Kier molecular flexibility index (Phi) is 7.85. The topological polar surface area (TPSA) is 25.8 Å². The maximum Gasteiger partial charge on any atom is 0.161 e. The first-order chi connectivity index (χ1) is 26.8. The summed E-state index contributed by atoms with van der Waals surface area (Å²) in [6, 6.07) is 73.4. The second kappa shape index (κ2) is 13.4. The summed E-state index contributed by atoms with van der Waals surface area (Å²) < 4.78 is 0. The summed E-state index contributed by atoms with van der Waals surface area (Å²) in [6.45, 7) is 0. The van der Waals surface area contributed by atoms with Crippen LogP contribution in [-0.4, -0.2) is 9.97 Å². The van der Waals surface area contributed by atoms with E-state index in [1.165, 1.54) is 27.3 Å².